The molecule has 0 aliphatic carbocycles. The molecule has 6 heteroatoms. The Morgan fingerprint density at radius 2 is 1.90 bits per heavy atom. The molecule has 2 heterocycles. The van der Waals surface area contributed by atoms with Crippen molar-refractivity contribution >= 4 is 11.9 Å². The number of carbonyl (C=O) groups excluding carboxylic acids is 1. The molecule has 1 aliphatic rings. The zero-order valence-electron chi connectivity index (χ0n) is 12.9. The summed E-state index contributed by atoms with van der Waals surface area (Å²) in [5, 5.41) is 2.72. The van der Waals surface area contributed by atoms with Gasteiger partial charge in [0, 0.05) is 43.7 Å². The molecule has 1 aromatic rings. The van der Waals surface area contributed by atoms with Crippen LogP contribution in [0.1, 0.15) is 33.6 Å². The molecule has 1 fully saturated rings. The van der Waals surface area contributed by atoms with Crippen molar-refractivity contribution in [3.8, 4) is 0 Å². The Morgan fingerprint density at radius 1 is 1.33 bits per heavy atom. The predicted molar refractivity (Wildman–Crippen MR) is 79.8 cm³/mol. The molecule has 1 N–H and O–H groups in total. The summed E-state index contributed by atoms with van der Waals surface area (Å²) in [4.78, 5) is 22.2. The highest BCUT2D eigenvalue weighted by Crippen LogP contribution is 2.27. The lowest BCUT2D eigenvalue weighted by Gasteiger charge is -2.36. The summed E-state index contributed by atoms with van der Waals surface area (Å²) in [5.41, 5.74) is -1.83. The number of aromatic nitrogens is 2. The fraction of sp³-hybridized carbons (Fsp3) is 0.667. The number of nitrogens with one attached hydrogen (secondary N) is 1. The van der Waals surface area contributed by atoms with Gasteiger partial charge in [0.15, 0.2) is 0 Å². The van der Waals surface area contributed by atoms with Crippen LogP contribution in [0.15, 0.2) is 18.5 Å². The third-order valence-electron chi connectivity index (χ3n) is 3.74. The van der Waals surface area contributed by atoms with E-state index in [4.69, 9.17) is 0 Å². The number of anilines is 1. The molecule has 0 aromatic carbocycles. The summed E-state index contributed by atoms with van der Waals surface area (Å²) in [7, 11) is 0. The van der Waals surface area contributed by atoms with Crippen molar-refractivity contribution in [2.75, 3.05) is 24.5 Å². The molecule has 1 amide bonds. The Hall–Kier alpha value is -1.72. The minimum absolute atomic E-state index is 0.0760. The molecule has 5 nitrogen and oxygen atoms in total. The average Bonchev–Trinajstić information content (AvgIpc) is 2.45. The minimum Gasteiger partial charge on any atom is -0.352 e. The van der Waals surface area contributed by atoms with Crippen LogP contribution in [-0.4, -0.2) is 41.2 Å². The first-order valence-electron chi connectivity index (χ1n) is 7.29. The highest BCUT2D eigenvalue weighted by Gasteiger charge is 2.36. The number of hydrogen-bond acceptors (Lipinski definition) is 4. The standard InChI is InChI=1S/C15H23FN4O/c1-14(2,3)12(21)19-11-15(16)5-9-20(10-6-15)13-17-7-4-8-18-13/h4,7-8H,5-6,9-11H2,1-3H3,(H,19,21). The Bertz CT molecular complexity index is 478. The SMILES string of the molecule is CC(C)(C)C(=O)NCC1(F)CCN(c2ncccn2)CC1. The molecule has 21 heavy (non-hydrogen) atoms. The predicted octanol–water partition coefficient (Wildman–Crippen LogP) is 1.95. The van der Waals surface area contributed by atoms with Crippen LogP contribution < -0.4 is 10.2 Å². The monoisotopic (exact) mass is 294 g/mol. The van der Waals surface area contributed by atoms with Crippen LogP contribution >= 0.6 is 0 Å². The third kappa shape index (κ3) is 4.12. The van der Waals surface area contributed by atoms with Crippen molar-refractivity contribution in [3.63, 3.8) is 0 Å². The topological polar surface area (TPSA) is 58.1 Å². The summed E-state index contributed by atoms with van der Waals surface area (Å²) < 4.78 is 14.7. The van der Waals surface area contributed by atoms with Crippen molar-refractivity contribution in [2.45, 2.75) is 39.3 Å². The van der Waals surface area contributed by atoms with Gasteiger partial charge in [-0.15, -0.1) is 0 Å². The summed E-state index contributed by atoms with van der Waals surface area (Å²) in [6.45, 7) is 6.66. The molecule has 1 aromatic heterocycles. The Kier molecular flexibility index (Phi) is 4.44. The van der Waals surface area contributed by atoms with E-state index >= 15 is 0 Å². The van der Waals surface area contributed by atoms with E-state index in [1.807, 2.05) is 25.7 Å². The van der Waals surface area contributed by atoms with Crippen molar-refractivity contribution in [1.29, 1.82) is 0 Å². The van der Waals surface area contributed by atoms with E-state index in [1.165, 1.54) is 0 Å². The smallest absolute Gasteiger partial charge is 0.225 e. The molecule has 0 radical (unpaired) electrons. The van der Waals surface area contributed by atoms with Gasteiger partial charge in [-0.2, -0.15) is 0 Å². The molecule has 1 aliphatic heterocycles. The molecular formula is C15H23FN4O. The van der Waals surface area contributed by atoms with Crippen LogP contribution in [0.3, 0.4) is 0 Å². The van der Waals surface area contributed by atoms with E-state index in [9.17, 15) is 9.18 Å². The molecule has 0 saturated carbocycles. The maximum Gasteiger partial charge on any atom is 0.225 e. The number of halogens is 1. The van der Waals surface area contributed by atoms with E-state index in [-0.39, 0.29) is 12.5 Å². The van der Waals surface area contributed by atoms with Gasteiger partial charge in [-0.1, -0.05) is 20.8 Å². The second-order valence-corrected chi connectivity index (χ2v) is 6.62. The molecule has 1 saturated heterocycles. The van der Waals surface area contributed by atoms with Crippen molar-refractivity contribution in [3.05, 3.63) is 18.5 Å². The summed E-state index contributed by atoms with van der Waals surface area (Å²) in [6.07, 6.45) is 4.11. The molecule has 116 valence electrons. The maximum atomic E-state index is 14.7. The van der Waals surface area contributed by atoms with Crippen LogP contribution in [0.4, 0.5) is 10.3 Å². The Balaban J connectivity index is 1.86. The van der Waals surface area contributed by atoms with Crippen LogP contribution in [0.2, 0.25) is 0 Å². The maximum absolute atomic E-state index is 14.7. The minimum atomic E-state index is -1.34. The number of hydrogen-bond donors (Lipinski definition) is 1. The lowest BCUT2D eigenvalue weighted by atomic mass is 9.91. The summed E-state index contributed by atoms with van der Waals surface area (Å²) in [6, 6.07) is 1.76. The van der Waals surface area contributed by atoms with Crippen molar-refractivity contribution in [2.24, 2.45) is 5.41 Å². The first kappa shape index (κ1) is 15.7. The number of amides is 1. The second-order valence-electron chi connectivity index (χ2n) is 6.62. The molecular weight excluding hydrogens is 271 g/mol. The fourth-order valence-electron chi connectivity index (χ4n) is 2.24. The van der Waals surface area contributed by atoms with Gasteiger partial charge in [0.25, 0.3) is 0 Å². The van der Waals surface area contributed by atoms with E-state index < -0.39 is 11.1 Å². The highest BCUT2D eigenvalue weighted by atomic mass is 19.1. The highest BCUT2D eigenvalue weighted by molar-refractivity contribution is 5.81. The Labute approximate surface area is 125 Å². The number of alkyl halides is 1. The van der Waals surface area contributed by atoms with Crippen molar-refractivity contribution in [1.82, 2.24) is 15.3 Å². The molecule has 0 unspecified atom stereocenters. The molecule has 0 atom stereocenters. The van der Waals surface area contributed by atoms with E-state index in [1.54, 1.807) is 18.5 Å². The summed E-state index contributed by atoms with van der Waals surface area (Å²) >= 11 is 0. The summed E-state index contributed by atoms with van der Waals surface area (Å²) in [5.74, 6) is 0.520. The van der Waals surface area contributed by atoms with Crippen LogP contribution in [0.25, 0.3) is 0 Å². The van der Waals surface area contributed by atoms with Gasteiger partial charge in [-0.3, -0.25) is 4.79 Å². The fourth-order valence-corrected chi connectivity index (χ4v) is 2.24. The number of piperidine rings is 1. The average molecular weight is 294 g/mol. The van der Waals surface area contributed by atoms with E-state index in [0.29, 0.717) is 31.9 Å². The first-order chi connectivity index (χ1) is 9.80. The van der Waals surface area contributed by atoms with Crippen LogP contribution in [-0.2, 0) is 4.79 Å². The number of nitrogens with zero attached hydrogens (tertiary/aromatic N) is 3. The quantitative estimate of drug-likeness (QED) is 0.925. The van der Waals surface area contributed by atoms with Gasteiger partial charge >= 0.3 is 0 Å². The second kappa shape index (κ2) is 5.95. The van der Waals surface area contributed by atoms with Gasteiger partial charge in [0.05, 0.1) is 6.54 Å². The van der Waals surface area contributed by atoms with Gasteiger partial charge in [0.1, 0.15) is 5.67 Å². The van der Waals surface area contributed by atoms with Gasteiger partial charge in [-0.05, 0) is 6.07 Å². The van der Waals surface area contributed by atoms with Gasteiger partial charge in [0.2, 0.25) is 11.9 Å². The first-order valence-corrected chi connectivity index (χ1v) is 7.29. The van der Waals surface area contributed by atoms with Crippen molar-refractivity contribution < 1.29 is 9.18 Å². The van der Waals surface area contributed by atoms with E-state index in [2.05, 4.69) is 15.3 Å². The Morgan fingerprint density at radius 3 is 2.43 bits per heavy atom. The normalized spacial score (nSPS) is 18.4. The molecule has 0 spiro atoms. The zero-order chi connectivity index (χ0) is 15.5. The lowest BCUT2D eigenvalue weighted by molar-refractivity contribution is -0.129. The molecule has 2 rings (SSSR count). The lowest BCUT2D eigenvalue weighted by Crippen LogP contribution is -2.50. The van der Waals surface area contributed by atoms with E-state index in [0.717, 1.165) is 0 Å². The number of rotatable bonds is 3. The third-order valence-corrected chi connectivity index (χ3v) is 3.74. The van der Waals surface area contributed by atoms with Gasteiger partial charge in [-0.25, -0.2) is 14.4 Å². The zero-order valence-corrected chi connectivity index (χ0v) is 12.9. The van der Waals surface area contributed by atoms with Crippen LogP contribution in [0, 0.1) is 5.41 Å². The van der Waals surface area contributed by atoms with Crippen LogP contribution in [0.5, 0.6) is 0 Å². The number of carbonyl (C=O) groups is 1. The van der Waals surface area contributed by atoms with Gasteiger partial charge < -0.3 is 10.2 Å². The largest absolute Gasteiger partial charge is 0.352 e. The molecule has 0 bridgehead atoms.